The third-order valence-corrected chi connectivity index (χ3v) is 5.29. The lowest BCUT2D eigenvalue weighted by Gasteiger charge is -2.20. The standard InChI is InChI=1S/C13H13ClN2O4S/c14-12-5-11(4-3-10(12)6-15)21(19,20)16(8-13(17)18)7-9-1-2-9/h3-5,9H,1-2,7-8H2,(H,17,18). The molecule has 0 aliphatic heterocycles. The van der Waals surface area contributed by atoms with Crippen LogP contribution in [0.5, 0.6) is 0 Å². The van der Waals surface area contributed by atoms with E-state index in [0.717, 1.165) is 17.1 Å². The maximum atomic E-state index is 12.5. The molecule has 1 saturated carbocycles. The summed E-state index contributed by atoms with van der Waals surface area (Å²) in [5.74, 6) is -0.994. The number of hydrogen-bond donors (Lipinski definition) is 1. The fourth-order valence-electron chi connectivity index (χ4n) is 1.88. The third-order valence-electron chi connectivity index (χ3n) is 3.17. The van der Waals surface area contributed by atoms with Crippen LogP contribution in [0.3, 0.4) is 0 Å². The number of hydrogen-bond acceptors (Lipinski definition) is 4. The second kappa shape index (κ2) is 6.02. The minimum Gasteiger partial charge on any atom is -0.480 e. The predicted molar refractivity (Wildman–Crippen MR) is 75.3 cm³/mol. The van der Waals surface area contributed by atoms with Crippen LogP contribution in [0.25, 0.3) is 0 Å². The highest BCUT2D eigenvalue weighted by atomic mass is 35.5. The number of sulfonamides is 1. The first-order valence-corrected chi connectivity index (χ1v) is 8.08. The summed E-state index contributed by atoms with van der Waals surface area (Å²) in [4.78, 5) is 10.8. The van der Waals surface area contributed by atoms with Gasteiger partial charge in [-0.25, -0.2) is 8.42 Å². The first-order chi connectivity index (χ1) is 9.84. The number of benzene rings is 1. The van der Waals surface area contributed by atoms with Crippen LogP contribution in [0.4, 0.5) is 0 Å². The minimum absolute atomic E-state index is 0.0280. The Labute approximate surface area is 127 Å². The molecule has 1 aliphatic carbocycles. The number of carbonyl (C=O) groups is 1. The van der Waals surface area contributed by atoms with Gasteiger partial charge in [0.15, 0.2) is 0 Å². The van der Waals surface area contributed by atoms with Crippen molar-refractivity contribution < 1.29 is 18.3 Å². The maximum Gasteiger partial charge on any atom is 0.318 e. The summed E-state index contributed by atoms with van der Waals surface area (Å²) in [5.41, 5.74) is 0.169. The molecule has 1 aliphatic rings. The monoisotopic (exact) mass is 328 g/mol. The molecule has 112 valence electrons. The van der Waals surface area contributed by atoms with Crippen LogP contribution in [0, 0.1) is 17.2 Å². The van der Waals surface area contributed by atoms with Gasteiger partial charge in [-0.15, -0.1) is 0 Å². The van der Waals surface area contributed by atoms with Crippen molar-refractivity contribution in [1.29, 1.82) is 5.26 Å². The molecule has 0 unspecified atom stereocenters. The van der Waals surface area contributed by atoms with E-state index in [1.54, 1.807) is 0 Å². The number of rotatable bonds is 6. The fourth-order valence-corrected chi connectivity index (χ4v) is 3.66. The van der Waals surface area contributed by atoms with Gasteiger partial charge in [0.2, 0.25) is 10.0 Å². The highest BCUT2D eigenvalue weighted by Crippen LogP contribution is 2.32. The third kappa shape index (κ3) is 3.73. The van der Waals surface area contributed by atoms with Gasteiger partial charge in [0.1, 0.15) is 12.6 Å². The van der Waals surface area contributed by atoms with Gasteiger partial charge >= 0.3 is 5.97 Å². The van der Waals surface area contributed by atoms with E-state index in [4.69, 9.17) is 22.0 Å². The number of nitrogens with zero attached hydrogens (tertiary/aromatic N) is 2. The Bertz CT molecular complexity index is 707. The van der Waals surface area contributed by atoms with E-state index in [1.165, 1.54) is 18.2 Å². The number of aliphatic carboxylic acids is 1. The molecular weight excluding hydrogens is 316 g/mol. The molecule has 1 aromatic rings. The van der Waals surface area contributed by atoms with E-state index in [0.29, 0.717) is 0 Å². The van der Waals surface area contributed by atoms with Gasteiger partial charge in [-0.2, -0.15) is 9.57 Å². The summed E-state index contributed by atoms with van der Waals surface area (Å²) in [5, 5.41) is 17.7. The van der Waals surface area contributed by atoms with Crippen LogP contribution in [-0.4, -0.2) is 36.9 Å². The normalized spacial score (nSPS) is 14.9. The average molecular weight is 329 g/mol. The van der Waals surface area contributed by atoms with E-state index < -0.39 is 22.5 Å². The minimum atomic E-state index is -3.94. The zero-order valence-corrected chi connectivity index (χ0v) is 12.6. The van der Waals surface area contributed by atoms with Crippen LogP contribution in [-0.2, 0) is 14.8 Å². The van der Waals surface area contributed by atoms with Gasteiger partial charge in [0.25, 0.3) is 0 Å². The zero-order chi connectivity index (χ0) is 15.6. The molecule has 0 heterocycles. The average Bonchev–Trinajstić information content (AvgIpc) is 3.21. The predicted octanol–water partition coefficient (Wildman–Crippen LogP) is 1.70. The van der Waals surface area contributed by atoms with Gasteiger partial charge in [0, 0.05) is 6.54 Å². The van der Waals surface area contributed by atoms with Gasteiger partial charge in [0.05, 0.1) is 15.5 Å². The van der Waals surface area contributed by atoms with Crippen LogP contribution >= 0.6 is 11.6 Å². The summed E-state index contributed by atoms with van der Waals surface area (Å²) in [6.07, 6.45) is 1.81. The molecule has 21 heavy (non-hydrogen) atoms. The summed E-state index contributed by atoms with van der Waals surface area (Å²) in [6, 6.07) is 5.60. The summed E-state index contributed by atoms with van der Waals surface area (Å²) in [6.45, 7) is -0.400. The van der Waals surface area contributed by atoms with Crippen LogP contribution < -0.4 is 0 Å². The second-order valence-electron chi connectivity index (χ2n) is 4.89. The van der Waals surface area contributed by atoms with Crippen LogP contribution in [0.1, 0.15) is 18.4 Å². The van der Waals surface area contributed by atoms with Gasteiger partial charge in [-0.3, -0.25) is 4.79 Å². The van der Waals surface area contributed by atoms with E-state index >= 15 is 0 Å². The first kappa shape index (κ1) is 15.8. The highest BCUT2D eigenvalue weighted by molar-refractivity contribution is 7.89. The molecule has 0 radical (unpaired) electrons. The van der Waals surface area contributed by atoms with Crippen molar-refractivity contribution in [1.82, 2.24) is 4.31 Å². The second-order valence-corrected chi connectivity index (χ2v) is 7.23. The molecule has 0 spiro atoms. The quantitative estimate of drug-likeness (QED) is 0.856. The first-order valence-electron chi connectivity index (χ1n) is 6.26. The molecule has 0 saturated heterocycles. The summed E-state index contributed by atoms with van der Waals surface area (Å²) >= 11 is 5.84. The summed E-state index contributed by atoms with van der Waals surface area (Å²) < 4.78 is 26.0. The molecule has 1 N–H and O–H groups in total. The Morgan fingerprint density at radius 3 is 2.62 bits per heavy atom. The summed E-state index contributed by atoms with van der Waals surface area (Å²) in [7, 11) is -3.94. The van der Waals surface area contributed by atoms with Crippen LogP contribution in [0.15, 0.2) is 23.1 Å². The van der Waals surface area contributed by atoms with Gasteiger partial charge in [-0.05, 0) is 37.0 Å². The Balaban J connectivity index is 2.34. The molecule has 2 rings (SSSR count). The Morgan fingerprint density at radius 1 is 1.48 bits per heavy atom. The molecule has 0 atom stereocenters. The van der Waals surface area contributed by atoms with E-state index in [9.17, 15) is 13.2 Å². The fraction of sp³-hybridized carbons (Fsp3) is 0.385. The van der Waals surface area contributed by atoms with Gasteiger partial charge < -0.3 is 5.11 Å². The smallest absolute Gasteiger partial charge is 0.318 e. The van der Waals surface area contributed by atoms with Gasteiger partial charge in [-0.1, -0.05) is 11.6 Å². The molecule has 8 heteroatoms. The van der Waals surface area contributed by atoms with Crippen molar-refractivity contribution in [3.63, 3.8) is 0 Å². The largest absolute Gasteiger partial charge is 0.480 e. The SMILES string of the molecule is N#Cc1ccc(S(=O)(=O)N(CC(=O)O)CC2CC2)cc1Cl. The van der Waals surface area contributed by atoms with Crippen molar-refractivity contribution in [2.45, 2.75) is 17.7 Å². The molecule has 1 aromatic carbocycles. The highest BCUT2D eigenvalue weighted by Gasteiger charge is 2.33. The van der Waals surface area contributed by atoms with Crippen molar-refractivity contribution in [3.8, 4) is 6.07 Å². The number of carboxylic acid groups (broad SMARTS) is 1. The van der Waals surface area contributed by atoms with Crippen LogP contribution in [0.2, 0.25) is 5.02 Å². The Hall–Kier alpha value is -1.62. The van der Waals surface area contributed by atoms with E-state index in [-0.39, 0.29) is 27.9 Å². The maximum absolute atomic E-state index is 12.5. The molecular formula is C13H13ClN2O4S. The van der Waals surface area contributed by atoms with Crippen molar-refractivity contribution in [3.05, 3.63) is 28.8 Å². The molecule has 0 amide bonds. The number of carboxylic acids is 1. The zero-order valence-electron chi connectivity index (χ0n) is 11.0. The topological polar surface area (TPSA) is 98.5 Å². The van der Waals surface area contributed by atoms with E-state index in [1.807, 2.05) is 6.07 Å². The number of halogens is 1. The van der Waals surface area contributed by atoms with E-state index in [2.05, 4.69) is 0 Å². The Kier molecular flexibility index (Phi) is 4.52. The lowest BCUT2D eigenvalue weighted by molar-refractivity contribution is -0.137. The van der Waals surface area contributed by atoms with Crippen molar-refractivity contribution >= 4 is 27.6 Å². The van der Waals surface area contributed by atoms with Crippen molar-refractivity contribution in [2.75, 3.05) is 13.1 Å². The van der Waals surface area contributed by atoms with Crippen molar-refractivity contribution in [2.24, 2.45) is 5.92 Å². The molecule has 0 aromatic heterocycles. The molecule has 1 fully saturated rings. The Morgan fingerprint density at radius 2 is 2.14 bits per heavy atom. The number of nitriles is 1. The lowest BCUT2D eigenvalue weighted by atomic mass is 10.2. The molecule has 6 nitrogen and oxygen atoms in total. The molecule has 0 bridgehead atoms. The lowest BCUT2D eigenvalue weighted by Crippen LogP contribution is -2.37.